The predicted octanol–water partition coefficient (Wildman–Crippen LogP) is -0.944. The molecule has 2 rings (SSSR count). The third kappa shape index (κ3) is 2.74. The number of nitrogens with one attached hydrogen (secondary N) is 1. The van der Waals surface area contributed by atoms with Crippen LogP contribution in [0.1, 0.15) is 32.4 Å². The highest BCUT2D eigenvalue weighted by Crippen LogP contribution is 2.37. The fraction of sp³-hybridized carbons (Fsp3) is 0.615. The van der Waals surface area contributed by atoms with Crippen molar-refractivity contribution in [2.24, 2.45) is 0 Å². The number of aromatic nitrogens is 2. The van der Waals surface area contributed by atoms with Gasteiger partial charge in [-0.1, -0.05) is 6.92 Å². The summed E-state index contributed by atoms with van der Waals surface area (Å²) in [6.07, 6.45) is -1.48. The van der Waals surface area contributed by atoms with E-state index in [2.05, 4.69) is 0 Å². The Hall–Kier alpha value is -1.84. The number of carbonyl (C=O) groups excluding carboxylic acids is 1. The molecule has 8 nitrogen and oxygen atoms in total. The average Bonchev–Trinajstić information content (AvgIpc) is 2.81. The Labute approximate surface area is 124 Å². The van der Waals surface area contributed by atoms with E-state index in [0.717, 1.165) is 4.57 Å². The maximum Gasteiger partial charge on any atom is 0.330 e. The van der Waals surface area contributed by atoms with Crippen molar-refractivity contribution in [2.75, 3.05) is 6.61 Å². The topological polar surface area (TPSA) is 122 Å². The van der Waals surface area contributed by atoms with Crippen LogP contribution in [-0.4, -0.2) is 43.9 Å². The number of ketones is 1. The van der Waals surface area contributed by atoms with Crippen LogP contribution in [-0.2, 0) is 9.53 Å². The van der Waals surface area contributed by atoms with Gasteiger partial charge in [0.2, 0.25) is 5.82 Å². The molecule has 1 aliphatic heterocycles. The zero-order valence-corrected chi connectivity index (χ0v) is 11.9. The van der Waals surface area contributed by atoms with Gasteiger partial charge in [-0.25, -0.2) is 4.79 Å². The van der Waals surface area contributed by atoms with Crippen LogP contribution < -0.4 is 11.2 Å². The minimum absolute atomic E-state index is 0.0813. The van der Waals surface area contributed by atoms with E-state index >= 15 is 0 Å². The first-order valence-electron chi connectivity index (χ1n) is 6.86. The summed E-state index contributed by atoms with van der Waals surface area (Å²) in [5.74, 6) is -1.71. The summed E-state index contributed by atoms with van der Waals surface area (Å²) in [5, 5.41) is 19.8. The van der Waals surface area contributed by atoms with Gasteiger partial charge in [0.1, 0.15) is 12.3 Å². The predicted molar refractivity (Wildman–Crippen MR) is 71.8 cm³/mol. The van der Waals surface area contributed by atoms with Gasteiger partial charge in [-0.05, 0) is 6.42 Å². The summed E-state index contributed by atoms with van der Waals surface area (Å²) in [5.41, 5.74) is -4.06. The third-order valence-electron chi connectivity index (χ3n) is 3.70. The molecule has 0 saturated carbocycles. The molecule has 0 amide bonds. The monoisotopic (exact) mass is 316 g/mol. The molecule has 2 heterocycles. The summed E-state index contributed by atoms with van der Waals surface area (Å²) in [6.45, 7) is 1.12. The first-order valence-corrected chi connectivity index (χ1v) is 6.86. The lowest BCUT2D eigenvalue weighted by molar-refractivity contribution is -0.146. The lowest BCUT2D eigenvalue weighted by Gasteiger charge is -2.24. The minimum atomic E-state index is -1.96. The van der Waals surface area contributed by atoms with Crippen molar-refractivity contribution < 1.29 is 24.1 Å². The van der Waals surface area contributed by atoms with E-state index in [-0.39, 0.29) is 12.8 Å². The van der Waals surface area contributed by atoms with E-state index in [9.17, 15) is 29.0 Å². The molecule has 1 aromatic heterocycles. The van der Waals surface area contributed by atoms with Crippen molar-refractivity contribution in [3.63, 3.8) is 0 Å². The fourth-order valence-corrected chi connectivity index (χ4v) is 2.52. The van der Waals surface area contributed by atoms with Crippen LogP contribution in [0, 0.1) is 5.82 Å². The van der Waals surface area contributed by atoms with Gasteiger partial charge in [-0.15, -0.1) is 0 Å². The highest BCUT2D eigenvalue weighted by molar-refractivity contribution is 5.88. The molecule has 1 fully saturated rings. The van der Waals surface area contributed by atoms with Crippen LogP contribution in [0.25, 0.3) is 0 Å². The number of H-pyrrole nitrogens is 1. The van der Waals surface area contributed by atoms with E-state index < -0.39 is 47.4 Å². The zero-order chi connectivity index (χ0) is 16.5. The molecule has 1 aromatic rings. The molecule has 3 N–H and O–H groups in total. The first kappa shape index (κ1) is 16.5. The van der Waals surface area contributed by atoms with Gasteiger partial charge < -0.3 is 14.9 Å². The lowest BCUT2D eigenvalue weighted by Crippen LogP contribution is -2.47. The quantitative estimate of drug-likeness (QED) is 0.644. The first-order chi connectivity index (χ1) is 10.3. The summed E-state index contributed by atoms with van der Waals surface area (Å²) >= 11 is 0. The Kier molecular flexibility index (Phi) is 4.59. The van der Waals surface area contributed by atoms with Crippen LogP contribution in [0.15, 0.2) is 15.8 Å². The fourth-order valence-electron chi connectivity index (χ4n) is 2.52. The number of rotatable bonds is 5. The average molecular weight is 316 g/mol. The van der Waals surface area contributed by atoms with E-state index in [0.29, 0.717) is 12.6 Å². The molecule has 9 heteroatoms. The highest BCUT2D eigenvalue weighted by Gasteiger charge is 2.52. The van der Waals surface area contributed by atoms with Gasteiger partial charge in [-0.3, -0.25) is 19.1 Å². The van der Waals surface area contributed by atoms with Gasteiger partial charge in [0.15, 0.2) is 11.4 Å². The number of carbonyl (C=O) groups is 1. The van der Waals surface area contributed by atoms with Crippen molar-refractivity contribution in [1.82, 2.24) is 9.55 Å². The molecule has 0 radical (unpaired) electrons. The smallest absolute Gasteiger partial charge is 0.330 e. The van der Waals surface area contributed by atoms with Gasteiger partial charge >= 0.3 is 5.69 Å². The Morgan fingerprint density at radius 3 is 2.86 bits per heavy atom. The van der Waals surface area contributed by atoms with E-state index in [4.69, 9.17) is 4.74 Å². The van der Waals surface area contributed by atoms with Crippen LogP contribution >= 0.6 is 0 Å². The minimum Gasteiger partial charge on any atom is -0.394 e. The van der Waals surface area contributed by atoms with Crippen molar-refractivity contribution in [2.45, 2.75) is 44.1 Å². The normalized spacial score (nSPS) is 28.0. The maximum absolute atomic E-state index is 13.3. The van der Waals surface area contributed by atoms with E-state index in [1.165, 1.54) is 0 Å². The SMILES string of the molecule is CCCC(=O)[C@]1(O)C[C@H](n2cc(F)c(=O)[nH]c2=O)O[C@@H]1CO. The number of nitrogens with zero attached hydrogens (tertiary/aromatic N) is 1. The summed E-state index contributed by atoms with van der Waals surface area (Å²) < 4.78 is 19.4. The van der Waals surface area contributed by atoms with Crippen LogP contribution in [0.2, 0.25) is 0 Å². The molecule has 3 atom stereocenters. The third-order valence-corrected chi connectivity index (χ3v) is 3.70. The van der Waals surface area contributed by atoms with Crippen LogP contribution in [0.3, 0.4) is 0 Å². The molecule has 22 heavy (non-hydrogen) atoms. The zero-order valence-electron chi connectivity index (χ0n) is 11.9. The number of hydrogen-bond acceptors (Lipinski definition) is 6. The van der Waals surface area contributed by atoms with Gasteiger partial charge in [0, 0.05) is 12.8 Å². The molecule has 0 bridgehead atoms. The number of Topliss-reactive ketones (excluding diaryl/α,β-unsaturated/α-hetero) is 1. The molecule has 1 aliphatic rings. The number of ether oxygens (including phenoxy) is 1. The number of aliphatic hydroxyl groups excluding tert-OH is 1. The van der Waals surface area contributed by atoms with Gasteiger partial charge in [0.25, 0.3) is 5.56 Å². The summed E-state index contributed by atoms with van der Waals surface area (Å²) in [6, 6.07) is 0. The van der Waals surface area contributed by atoms with Crippen molar-refractivity contribution in [1.29, 1.82) is 0 Å². The lowest BCUT2D eigenvalue weighted by atomic mass is 9.88. The van der Waals surface area contributed by atoms with Crippen LogP contribution in [0.4, 0.5) is 4.39 Å². The Morgan fingerprint density at radius 1 is 1.59 bits per heavy atom. The number of halogens is 1. The molecular weight excluding hydrogens is 299 g/mol. The molecule has 122 valence electrons. The standard InChI is InChI=1S/C13H17FN2O6/c1-2-3-8(18)13(21)4-10(22-9(13)6-17)16-5-7(14)11(19)15-12(16)20/h5,9-10,17,21H,2-4,6H2,1H3,(H,15,19,20)/t9-,10-,13-/m1/s1. The second-order valence-corrected chi connectivity index (χ2v) is 5.21. The molecule has 0 unspecified atom stereocenters. The second-order valence-electron chi connectivity index (χ2n) is 5.21. The largest absolute Gasteiger partial charge is 0.394 e. The molecule has 1 saturated heterocycles. The summed E-state index contributed by atoms with van der Waals surface area (Å²) in [7, 11) is 0. The number of aliphatic hydroxyl groups is 2. The Morgan fingerprint density at radius 2 is 2.27 bits per heavy atom. The molecule has 0 spiro atoms. The number of hydrogen-bond donors (Lipinski definition) is 3. The van der Waals surface area contributed by atoms with Gasteiger partial charge in [-0.2, -0.15) is 4.39 Å². The van der Waals surface area contributed by atoms with Crippen molar-refractivity contribution in [3.8, 4) is 0 Å². The molecular formula is C13H17FN2O6. The summed E-state index contributed by atoms with van der Waals surface area (Å²) in [4.78, 5) is 36.6. The van der Waals surface area contributed by atoms with Crippen LogP contribution in [0.5, 0.6) is 0 Å². The van der Waals surface area contributed by atoms with Crippen molar-refractivity contribution in [3.05, 3.63) is 32.9 Å². The van der Waals surface area contributed by atoms with E-state index in [1.807, 2.05) is 0 Å². The van der Waals surface area contributed by atoms with Crippen molar-refractivity contribution >= 4 is 5.78 Å². The molecule has 0 aliphatic carbocycles. The maximum atomic E-state index is 13.3. The number of aromatic amines is 1. The highest BCUT2D eigenvalue weighted by atomic mass is 19.1. The van der Waals surface area contributed by atoms with E-state index in [1.54, 1.807) is 11.9 Å². The Balaban J connectivity index is 2.37. The van der Waals surface area contributed by atoms with Gasteiger partial charge in [0.05, 0.1) is 12.8 Å². The molecule has 0 aromatic carbocycles. The Bertz CT molecular complexity index is 684. The second kappa shape index (κ2) is 6.11.